The predicted molar refractivity (Wildman–Crippen MR) is 156 cm³/mol. The summed E-state index contributed by atoms with van der Waals surface area (Å²) in [5.41, 5.74) is 15.2. The van der Waals surface area contributed by atoms with Crippen molar-refractivity contribution in [3.05, 3.63) is 53.6 Å². The van der Waals surface area contributed by atoms with Gasteiger partial charge in [0, 0.05) is 44.6 Å². The summed E-state index contributed by atoms with van der Waals surface area (Å²) < 4.78 is 5.61. The minimum absolute atomic E-state index is 0. The number of nitrogens with two attached hydrogens (primary N) is 1. The second-order valence-electron chi connectivity index (χ2n) is 10.9. The highest BCUT2D eigenvalue weighted by Gasteiger charge is 2.52. The van der Waals surface area contributed by atoms with E-state index in [9.17, 15) is 4.79 Å². The van der Waals surface area contributed by atoms with Crippen LogP contribution in [0.5, 0.6) is 0 Å². The maximum absolute atomic E-state index is 13.5. The molecule has 5 rings (SSSR count). The lowest BCUT2D eigenvalue weighted by atomic mass is 9.71. The standard InChI is InChI=1S/C28H40N8O2.ClH/c1-5-38-27(37)26-23-25(24-20(17-28(23,2)3)18-30-19-31-24)36(35(26)12-6-11-29)32-21-7-9-22(10-8-21)34-15-13-33(4)14-16-34;/h7-10,18-19,26,32H,5-6,11-17,29H2,1-4H3;1H. The summed E-state index contributed by atoms with van der Waals surface area (Å²) in [7, 11) is 2.17. The van der Waals surface area contributed by atoms with Crippen LogP contribution in [0.15, 0.2) is 42.4 Å². The summed E-state index contributed by atoms with van der Waals surface area (Å²) >= 11 is 0. The van der Waals surface area contributed by atoms with Crippen molar-refractivity contribution >= 4 is 35.4 Å². The molecular formula is C28H41ClN8O2. The molecule has 0 radical (unpaired) electrons. The quantitative estimate of drug-likeness (QED) is 0.472. The van der Waals surface area contributed by atoms with Crippen molar-refractivity contribution in [2.45, 2.75) is 39.7 Å². The molecule has 0 bridgehead atoms. The smallest absolute Gasteiger partial charge is 0.329 e. The molecule has 1 saturated heterocycles. The van der Waals surface area contributed by atoms with Gasteiger partial charge in [-0.05, 0) is 74.2 Å². The average Bonchev–Trinajstić information content (AvgIpc) is 3.23. The van der Waals surface area contributed by atoms with E-state index < -0.39 is 6.04 Å². The number of nitrogens with zero attached hydrogens (tertiary/aromatic N) is 6. The summed E-state index contributed by atoms with van der Waals surface area (Å²) in [5, 5.41) is 4.06. The van der Waals surface area contributed by atoms with Gasteiger partial charge in [-0.2, -0.15) is 5.01 Å². The van der Waals surface area contributed by atoms with E-state index in [1.54, 1.807) is 6.33 Å². The summed E-state index contributed by atoms with van der Waals surface area (Å²) in [6.45, 7) is 11.8. The normalized spacial score (nSPS) is 20.8. The number of carbonyl (C=O) groups is 1. The lowest BCUT2D eigenvalue weighted by molar-refractivity contribution is -0.151. The zero-order chi connectivity index (χ0) is 26.9. The third kappa shape index (κ3) is 5.70. The van der Waals surface area contributed by atoms with Gasteiger partial charge >= 0.3 is 5.97 Å². The number of hydrogen-bond acceptors (Lipinski definition) is 10. The first-order chi connectivity index (χ1) is 18.3. The van der Waals surface area contributed by atoms with Crippen LogP contribution < -0.4 is 16.1 Å². The molecule has 3 N–H and O–H groups in total. The zero-order valence-electron chi connectivity index (χ0n) is 23.4. The molecule has 11 heteroatoms. The first-order valence-corrected chi connectivity index (χ1v) is 13.6. The molecule has 3 aliphatic rings. The van der Waals surface area contributed by atoms with Crippen LogP contribution in [0.3, 0.4) is 0 Å². The van der Waals surface area contributed by atoms with E-state index in [0.717, 1.165) is 67.2 Å². The molecule has 0 amide bonds. The van der Waals surface area contributed by atoms with Gasteiger partial charge in [0.15, 0.2) is 6.04 Å². The molecule has 1 atom stereocenters. The van der Waals surface area contributed by atoms with Crippen molar-refractivity contribution < 1.29 is 9.53 Å². The predicted octanol–water partition coefficient (Wildman–Crippen LogP) is 2.78. The van der Waals surface area contributed by atoms with Crippen LogP contribution in [0, 0.1) is 5.41 Å². The first kappa shape index (κ1) is 29.1. The van der Waals surface area contributed by atoms with Crippen molar-refractivity contribution in [3.63, 3.8) is 0 Å². The van der Waals surface area contributed by atoms with Gasteiger partial charge in [0.25, 0.3) is 0 Å². The Morgan fingerprint density at radius 2 is 1.90 bits per heavy atom. The highest BCUT2D eigenvalue weighted by molar-refractivity contribution is 5.88. The summed E-state index contributed by atoms with van der Waals surface area (Å²) in [6.07, 6.45) is 4.94. The minimum atomic E-state index is -0.563. The molecule has 1 unspecified atom stereocenters. The molecule has 1 aromatic carbocycles. The number of carbonyl (C=O) groups excluding carboxylic acids is 1. The molecule has 2 aliphatic heterocycles. The molecule has 0 spiro atoms. The Bertz CT molecular complexity index is 1180. The number of piperazine rings is 1. The highest BCUT2D eigenvalue weighted by atomic mass is 35.5. The molecule has 10 nitrogen and oxygen atoms in total. The molecule has 1 fully saturated rings. The molecule has 1 aliphatic carbocycles. The van der Waals surface area contributed by atoms with Crippen molar-refractivity contribution in [2.75, 3.05) is 63.2 Å². The average molecular weight is 557 g/mol. The van der Waals surface area contributed by atoms with Crippen LogP contribution in [0.25, 0.3) is 5.70 Å². The van der Waals surface area contributed by atoms with Crippen molar-refractivity contribution in [1.82, 2.24) is 25.0 Å². The minimum Gasteiger partial charge on any atom is -0.465 e. The van der Waals surface area contributed by atoms with E-state index in [2.05, 4.69) is 70.4 Å². The van der Waals surface area contributed by atoms with E-state index in [1.807, 2.05) is 18.2 Å². The molecular weight excluding hydrogens is 516 g/mol. The fourth-order valence-electron chi connectivity index (χ4n) is 5.82. The Balaban J connectivity index is 0.00000353. The Morgan fingerprint density at radius 1 is 1.18 bits per heavy atom. The summed E-state index contributed by atoms with van der Waals surface area (Å²) in [4.78, 5) is 27.2. The monoisotopic (exact) mass is 556 g/mol. The molecule has 2 aromatic rings. The number of fused-ring (bicyclic) bond motifs is 2. The van der Waals surface area contributed by atoms with E-state index in [0.29, 0.717) is 19.7 Å². The topological polar surface area (TPSA) is 103 Å². The Kier molecular flexibility index (Phi) is 9.00. The fourth-order valence-corrected chi connectivity index (χ4v) is 5.82. The third-order valence-electron chi connectivity index (χ3n) is 7.74. The number of hydrazine groups is 2. The lowest BCUT2D eigenvalue weighted by Gasteiger charge is -2.36. The summed E-state index contributed by atoms with van der Waals surface area (Å²) in [5.74, 6) is -0.252. The van der Waals surface area contributed by atoms with Gasteiger partial charge in [-0.25, -0.2) is 19.9 Å². The molecule has 1 aromatic heterocycles. The number of nitrogens with one attached hydrogen (secondary N) is 1. The number of halogens is 1. The number of esters is 1. The zero-order valence-corrected chi connectivity index (χ0v) is 24.2. The second kappa shape index (κ2) is 12.1. The molecule has 212 valence electrons. The number of benzene rings is 1. The van der Waals surface area contributed by atoms with Crippen LogP contribution in [0.1, 0.15) is 38.4 Å². The molecule has 0 saturated carbocycles. The Hall–Kier alpha value is -2.92. The van der Waals surface area contributed by atoms with Gasteiger partial charge in [-0.15, -0.1) is 12.4 Å². The second-order valence-corrected chi connectivity index (χ2v) is 10.9. The number of anilines is 2. The van der Waals surface area contributed by atoms with Gasteiger partial charge in [0.05, 0.1) is 18.0 Å². The van der Waals surface area contributed by atoms with Crippen LogP contribution >= 0.6 is 12.4 Å². The first-order valence-electron chi connectivity index (χ1n) is 13.6. The number of ether oxygens (including phenoxy) is 1. The van der Waals surface area contributed by atoms with Gasteiger partial charge in [-0.1, -0.05) is 13.8 Å². The number of likely N-dealkylation sites (N-methyl/N-ethyl adjacent to an activating group) is 1. The Labute approximate surface area is 237 Å². The number of rotatable bonds is 8. The van der Waals surface area contributed by atoms with E-state index in [1.165, 1.54) is 5.69 Å². The summed E-state index contributed by atoms with van der Waals surface area (Å²) in [6, 6.07) is 7.95. The fraction of sp³-hybridized carbons (Fsp3) is 0.536. The maximum atomic E-state index is 13.5. The Morgan fingerprint density at radius 3 is 2.56 bits per heavy atom. The third-order valence-corrected chi connectivity index (χ3v) is 7.74. The van der Waals surface area contributed by atoms with Crippen LogP contribution in [-0.2, 0) is 16.0 Å². The van der Waals surface area contributed by atoms with Crippen molar-refractivity contribution in [3.8, 4) is 0 Å². The van der Waals surface area contributed by atoms with Gasteiger partial charge in [-0.3, -0.25) is 5.43 Å². The van der Waals surface area contributed by atoms with Crippen LogP contribution in [0.4, 0.5) is 11.4 Å². The van der Waals surface area contributed by atoms with Crippen LogP contribution in [-0.4, -0.2) is 89.9 Å². The lowest BCUT2D eigenvalue weighted by Crippen LogP contribution is -2.50. The number of hydrogen-bond donors (Lipinski definition) is 2. The number of aromatic nitrogens is 2. The van der Waals surface area contributed by atoms with Gasteiger partial charge in [0.1, 0.15) is 12.0 Å². The highest BCUT2D eigenvalue weighted by Crippen LogP contribution is 2.50. The molecule has 39 heavy (non-hydrogen) atoms. The van der Waals surface area contributed by atoms with Crippen molar-refractivity contribution in [1.29, 1.82) is 0 Å². The van der Waals surface area contributed by atoms with Gasteiger partial charge < -0.3 is 20.3 Å². The van der Waals surface area contributed by atoms with Crippen molar-refractivity contribution in [2.24, 2.45) is 11.1 Å². The van der Waals surface area contributed by atoms with E-state index in [4.69, 9.17) is 15.5 Å². The van der Waals surface area contributed by atoms with E-state index in [-0.39, 0.29) is 23.8 Å². The largest absolute Gasteiger partial charge is 0.465 e. The van der Waals surface area contributed by atoms with E-state index >= 15 is 0 Å². The SMILES string of the molecule is CCOC(=O)C1C2=C(c3ncncc3CC2(C)C)N(Nc2ccc(N3CCN(C)CC3)cc2)N1CCCN.Cl. The van der Waals surface area contributed by atoms with Gasteiger partial charge in [0.2, 0.25) is 0 Å². The van der Waals surface area contributed by atoms with Crippen LogP contribution in [0.2, 0.25) is 0 Å². The maximum Gasteiger partial charge on any atom is 0.329 e. The molecule has 3 heterocycles.